The third-order valence-electron chi connectivity index (χ3n) is 4.28. The number of benzene rings is 2. The molecular formula is C20H16ClF2N3. The molecule has 0 bridgehead atoms. The molecule has 3 aromatic rings. The number of rotatable bonds is 4. The summed E-state index contributed by atoms with van der Waals surface area (Å²) in [6, 6.07) is 10.8. The smallest absolute Gasteiger partial charge is 0.131 e. The predicted molar refractivity (Wildman–Crippen MR) is 97.0 cm³/mol. The Morgan fingerprint density at radius 2 is 1.96 bits per heavy atom. The first-order chi connectivity index (χ1) is 12.4. The maximum atomic E-state index is 14.0. The average Bonchev–Trinajstić information content (AvgIpc) is 2.92. The molecule has 0 aliphatic rings. The van der Waals surface area contributed by atoms with Gasteiger partial charge in [0.25, 0.3) is 0 Å². The number of nitriles is 1. The number of hydrogen-bond acceptors (Lipinski definition) is 2. The van der Waals surface area contributed by atoms with Crippen LogP contribution in [-0.4, -0.2) is 9.78 Å². The lowest BCUT2D eigenvalue weighted by atomic mass is 10.0. The van der Waals surface area contributed by atoms with Gasteiger partial charge in [-0.05, 0) is 37.1 Å². The zero-order valence-corrected chi connectivity index (χ0v) is 15.1. The van der Waals surface area contributed by atoms with Crippen molar-refractivity contribution in [3.63, 3.8) is 0 Å². The van der Waals surface area contributed by atoms with Crippen LogP contribution in [0.25, 0.3) is 11.1 Å². The van der Waals surface area contributed by atoms with E-state index in [0.717, 1.165) is 28.6 Å². The molecule has 0 N–H and O–H groups in total. The van der Waals surface area contributed by atoms with Crippen molar-refractivity contribution in [1.82, 2.24) is 9.78 Å². The Balaban J connectivity index is 2.06. The van der Waals surface area contributed by atoms with Gasteiger partial charge in [0.2, 0.25) is 0 Å². The quantitative estimate of drug-likeness (QED) is 0.626. The number of halogens is 3. The fourth-order valence-electron chi connectivity index (χ4n) is 3.07. The highest BCUT2D eigenvalue weighted by Crippen LogP contribution is 2.31. The molecule has 0 atom stereocenters. The number of aryl methyl sites for hydroxylation is 1. The van der Waals surface area contributed by atoms with Crippen molar-refractivity contribution in [2.24, 2.45) is 0 Å². The maximum absolute atomic E-state index is 14.0. The summed E-state index contributed by atoms with van der Waals surface area (Å²) in [5.74, 6) is -1.20. The van der Waals surface area contributed by atoms with Crippen LogP contribution in [0.15, 0.2) is 36.4 Å². The van der Waals surface area contributed by atoms with Gasteiger partial charge in [-0.1, -0.05) is 30.7 Å². The fourth-order valence-corrected chi connectivity index (χ4v) is 3.29. The molecule has 6 heteroatoms. The van der Waals surface area contributed by atoms with E-state index in [1.54, 1.807) is 16.8 Å². The molecule has 0 amide bonds. The van der Waals surface area contributed by atoms with Gasteiger partial charge in [-0.15, -0.1) is 0 Å². The van der Waals surface area contributed by atoms with E-state index in [2.05, 4.69) is 5.10 Å². The minimum absolute atomic E-state index is 0.208. The lowest BCUT2D eigenvalue weighted by molar-refractivity contribution is 0.553. The highest BCUT2D eigenvalue weighted by atomic mass is 35.5. The highest BCUT2D eigenvalue weighted by molar-refractivity contribution is 6.32. The summed E-state index contributed by atoms with van der Waals surface area (Å²) in [5.41, 5.74) is 4.26. The molecule has 0 aliphatic heterocycles. The lowest BCUT2D eigenvalue weighted by Crippen LogP contribution is -2.08. The van der Waals surface area contributed by atoms with Crippen LogP contribution in [0.5, 0.6) is 0 Å². The molecule has 0 spiro atoms. The molecule has 0 saturated carbocycles. The molecule has 3 nitrogen and oxygen atoms in total. The first kappa shape index (κ1) is 18.1. The van der Waals surface area contributed by atoms with Crippen LogP contribution < -0.4 is 0 Å². The molecule has 0 aliphatic carbocycles. The third-order valence-corrected chi connectivity index (χ3v) is 4.59. The van der Waals surface area contributed by atoms with Crippen LogP contribution in [-0.2, 0) is 13.0 Å². The molecule has 0 radical (unpaired) electrons. The molecule has 26 heavy (non-hydrogen) atoms. The van der Waals surface area contributed by atoms with Gasteiger partial charge in [-0.25, -0.2) is 8.78 Å². The molecule has 3 rings (SSSR count). The van der Waals surface area contributed by atoms with Crippen molar-refractivity contribution < 1.29 is 8.78 Å². The second kappa shape index (κ2) is 7.27. The summed E-state index contributed by atoms with van der Waals surface area (Å²) in [7, 11) is 0. The number of aromatic nitrogens is 2. The Hall–Kier alpha value is -2.71. The summed E-state index contributed by atoms with van der Waals surface area (Å²) < 4.78 is 28.9. The van der Waals surface area contributed by atoms with Crippen molar-refractivity contribution in [2.45, 2.75) is 26.8 Å². The Labute approximate surface area is 155 Å². The molecule has 0 unspecified atom stereocenters. The number of hydrogen-bond donors (Lipinski definition) is 0. The van der Waals surface area contributed by atoms with Crippen LogP contribution in [0, 0.1) is 29.9 Å². The number of nitrogens with zero attached hydrogens (tertiary/aromatic N) is 3. The van der Waals surface area contributed by atoms with E-state index in [-0.39, 0.29) is 6.54 Å². The van der Waals surface area contributed by atoms with E-state index < -0.39 is 11.6 Å². The highest BCUT2D eigenvalue weighted by Gasteiger charge is 2.18. The van der Waals surface area contributed by atoms with E-state index >= 15 is 0 Å². The van der Waals surface area contributed by atoms with Gasteiger partial charge in [-0.2, -0.15) is 10.4 Å². The predicted octanol–water partition coefficient (Wildman–Crippen LogP) is 5.27. The van der Waals surface area contributed by atoms with Gasteiger partial charge >= 0.3 is 0 Å². The fraction of sp³-hybridized carbons (Fsp3) is 0.200. The SMILES string of the molecule is CCc1c(-c2ccc(C#N)c(Cl)c2)c(C)nn1Cc1ccc(F)cc1F. The first-order valence-corrected chi connectivity index (χ1v) is 8.52. The van der Waals surface area contributed by atoms with Gasteiger partial charge in [0, 0.05) is 22.9 Å². The zero-order valence-electron chi connectivity index (χ0n) is 14.4. The zero-order chi connectivity index (χ0) is 18.8. The summed E-state index contributed by atoms with van der Waals surface area (Å²) in [6.07, 6.45) is 0.677. The van der Waals surface area contributed by atoms with Gasteiger partial charge < -0.3 is 0 Å². The summed E-state index contributed by atoms with van der Waals surface area (Å²) >= 11 is 6.16. The van der Waals surface area contributed by atoms with Gasteiger partial charge in [-0.3, -0.25) is 4.68 Å². The van der Waals surface area contributed by atoms with E-state index in [1.165, 1.54) is 12.1 Å². The van der Waals surface area contributed by atoms with Crippen LogP contribution in [0.4, 0.5) is 8.78 Å². The molecular weight excluding hydrogens is 356 g/mol. The van der Waals surface area contributed by atoms with E-state index in [4.69, 9.17) is 16.9 Å². The van der Waals surface area contributed by atoms with Crippen molar-refractivity contribution in [2.75, 3.05) is 0 Å². The van der Waals surface area contributed by atoms with Crippen LogP contribution in [0.2, 0.25) is 5.02 Å². The van der Waals surface area contributed by atoms with Gasteiger partial charge in [0.15, 0.2) is 0 Å². The Morgan fingerprint density at radius 3 is 2.58 bits per heavy atom. The summed E-state index contributed by atoms with van der Waals surface area (Å²) in [5, 5.41) is 14.0. The molecule has 2 aromatic carbocycles. The molecule has 1 heterocycles. The summed E-state index contributed by atoms with van der Waals surface area (Å²) in [4.78, 5) is 0. The average molecular weight is 372 g/mol. The minimum Gasteiger partial charge on any atom is -0.264 e. The Bertz CT molecular complexity index is 1020. The Kier molecular flexibility index (Phi) is 5.06. The monoisotopic (exact) mass is 371 g/mol. The van der Waals surface area contributed by atoms with Gasteiger partial charge in [0.1, 0.15) is 17.7 Å². The molecule has 1 aromatic heterocycles. The summed E-state index contributed by atoms with van der Waals surface area (Å²) in [6.45, 7) is 4.07. The van der Waals surface area contributed by atoms with Crippen LogP contribution >= 0.6 is 11.6 Å². The van der Waals surface area contributed by atoms with Crippen molar-refractivity contribution in [3.8, 4) is 17.2 Å². The minimum atomic E-state index is -0.605. The van der Waals surface area contributed by atoms with E-state index in [9.17, 15) is 8.78 Å². The Morgan fingerprint density at radius 1 is 1.19 bits per heavy atom. The van der Waals surface area contributed by atoms with E-state index in [1.807, 2.05) is 26.0 Å². The molecule has 0 saturated heterocycles. The van der Waals surface area contributed by atoms with Crippen molar-refractivity contribution >= 4 is 11.6 Å². The normalized spacial score (nSPS) is 10.8. The maximum Gasteiger partial charge on any atom is 0.131 e. The lowest BCUT2D eigenvalue weighted by Gasteiger charge is -2.10. The van der Waals surface area contributed by atoms with Crippen LogP contribution in [0.3, 0.4) is 0 Å². The molecule has 0 fully saturated rings. The van der Waals surface area contributed by atoms with Crippen molar-refractivity contribution in [1.29, 1.82) is 5.26 Å². The second-order valence-corrected chi connectivity index (χ2v) is 6.37. The van der Waals surface area contributed by atoms with E-state index in [0.29, 0.717) is 22.6 Å². The van der Waals surface area contributed by atoms with Gasteiger partial charge in [0.05, 0.1) is 22.8 Å². The van der Waals surface area contributed by atoms with Crippen LogP contribution in [0.1, 0.15) is 29.4 Å². The second-order valence-electron chi connectivity index (χ2n) is 5.96. The topological polar surface area (TPSA) is 41.6 Å². The first-order valence-electron chi connectivity index (χ1n) is 8.14. The van der Waals surface area contributed by atoms with Crippen molar-refractivity contribution in [3.05, 3.63) is 75.6 Å². The largest absolute Gasteiger partial charge is 0.264 e. The molecule has 132 valence electrons. The standard InChI is InChI=1S/C20H16ClF2N3/c1-3-19-20(13-4-5-14(10-24)17(21)8-13)12(2)25-26(19)11-15-6-7-16(22)9-18(15)23/h4-9H,3,11H2,1-2H3. The third kappa shape index (κ3) is 3.33.